The van der Waals surface area contributed by atoms with Crippen LogP contribution in [0.1, 0.15) is 32.0 Å². The molecule has 0 amide bonds. The highest BCUT2D eigenvalue weighted by molar-refractivity contribution is 5.77. The van der Waals surface area contributed by atoms with Crippen molar-refractivity contribution in [2.24, 2.45) is 0 Å². The SMILES string of the molecule is COc1ccc(-c2c(N)n[nH]c2C)cc1C(C)(C)C. The Labute approximate surface area is 114 Å². The summed E-state index contributed by atoms with van der Waals surface area (Å²) >= 11 is 0. The normalized spacial score (nSPS) is 11.6. The molecule has 4 nitrogen and oxygen atoms in total. The number of hydrogen-bond donors (Lipinski definition) is 2. The zero-order valence-electron chi connectivity index (χ0n) is 12.2. The Kier molecular flexibility index (Phi) is 3.27. The Morgan fingerprint density at radius 3 is 2.42 bits per heavy atom. The molecule has 1 aromatic carbocycles. The molecule has 0 atom stereocenters. The number of anilines is 1. The molecular weight excluding hydrogens is 238 g/mol. The summed E-state index contributed by atoms with van der Waals surface area (Å²) in [7, 11) is 1.70. The Morgan fingerprint density at radius 1 is 1.26 bits per heavy atom. The lowest BCUT2D eigenvalue weighted by Gasteiger charge is -2.23. The topological polar surface area (TPSA) is 63.9 Å². The Hall–Kier alpha value is -1.97. The predicted molar refractivity (Wildman–Crippen MR) is 78.4 cm³/mol. The van der Waals surface area contributed by atoms with E-state index in [1.54, 1.807) is 7.11 Å². The van der Waals surface area contributed by atoms with E-state index >= 15 is 0 Å². The smallest absolute Gasteiger partial charge is 0.153 e. The lowest BCUT2D eigenvalue weighted by Crippen LogP contribution is -2.13. The van der Waals surface area contributed by atoms with Crippen molar-refractivity contribution in [1.29, 1.82) is 0 Å². The highest BCUT2D eigenvalue weighted by Crippen LogP contribution is 2.36. The van der Waals surface area contributed by atoms with Crippen molar-refractivity contribution in [2.75, 3.05) is 12.8 Å². The van der Waals surface area contributed by atoms with Crippen LogP contribution >= 0.6 is 0 Å². The molecule has 0 aliphatic carbocycles. The summed E-state index contributed by atoms with van der Waals surface area (Å²) in [5.74, 6) is 1.43. The number of nitrogens with zero attached hydrogens (tertiary/aromatic N) is 1. The summed E-state index contributed by atoms with van der Waals surface area (Å²) in [6.45, 7) is 8.47. The molecule has 0 spiro atoms. The summed E-state index contributed by atoms with van der Waals surface area (Å²) in [6.07, 6.45) is 0. The zero-order chi connectivity index (χ0) is 14.2. The molecule has 0 aliphatic heterocycles. The molecule has 19 heavy (non-hydrogen) atoms. The molecule has 1 aromatic heterocycles. The van der Waals surface area contributed by atoms with Gasteiger partial charge in [-0.1, -0.05) is 26.8 Å². The Bertz CT molecular complexity index is 574. The second kappa shape index (κ2) is 4.61. The molecule has 0 saturated carbocycles. The van der Waals surface area contributed by atoms with Gasteiger partial charge in [0.25, 0.3) is 0 Å². The minimum absolute atomic E-state index is 0.00769. The molecule has 0 unspecified atom stereocenters. The number of nitrogens with one attached hydrogen (secondary N) is 1. The monoisotopic (exact) mass is 259 g/mol. The number of hydrogen-bond acceptors (Lipinski definition) is 3. The lowest BCUT2D eigenvalue weighted by atomic mass is 9.84. The van der Waals surface area contributed by atoms with E-state index in [1.807, 2.05) is 19.1 Å². The maximum atomic E-state index is 5.93. The molecule has 0 saturated heterocycles. The average molecular weight is 259 g/mol. The maximum Gasteiger partial charge on any atom is 0.153 e. The van der Waals surface area contributed by atoms with Gasteiger partial charge in [0.05, 0.1) is 7.11 Å². The molecule has 0 radical (unpaired) electrons. The fourth-order valence-corrected chi connectivity index (χ4v) is 2.26. The molecule has 0 fully saturated rings. The third-order valence-corrected chi connectivity index (χ3v) is 3.27. The van der Waals surface area contributed by atoms with E-state index in [0.717, 1.165) is 28.1 Å². The van der Waals surface area contributed by atoms with Crippen LogP contribution in [0.3, 0.4) is 0 Å². The van der Waals surface area contributed by atoms with Gasteiger partial charge >= 0.3 is 0 Å². The second-order valence-electron chi connectivity index (χ2n) is 5.77. The van der Waals surface area contributed by atoms with Gasteiger partial charge in [-0.25, -0.2) is 0 Å². The van der Waals surface area contributed by atoms with Crippen LogP contribution in [0, 0.1) is 6.92 Å². The molecular formula is C15H21N3O. The highest BCUT2D eigenvalue weighted by atomic mass is 16.5. The number of aromatic nitrogens is 2. The number of aromatic amines is 1. The highest BCUT2D eigenvalue weighted by Gasteiger charge is 2.21. The van der Waals surface area contributed by atoms with Gasteiger partial charge in [-0.05, 0) is 30.0 Å². The molecule has 1 heterocycles. The fourth-order valence-electron chi connectivity index (χ4n) is 2.26. The van der Waals surface area contributed by atoms with Crippen LogP contribution in [0.25, 0.3) is 11.1 Å². The van der Waals surface area contributed by atoms with Crippen LogP contribution < -0.4 is 10.5 Å². The maximum absolute atomic E-state index is 5.93. The van der Waals surface area contributed by atoms with Gasteiger partial charge in [0.15, 0.2) is 5.82 Å². The molecule has 2 rings (SSSR count). The van der Waals surface area contributed by atoms with Crippen LogP contribution in [0.2, 0.25) is 0 Å². The quantitative estimate of drug-likeness (QED) is 0.870. The molecule has 2 aromatic rings. The average Bonchev–Trinajstić information content (AvgIpc) is 2.67. The van der Waals surface area contributed by atoms with Gasteiger partial charge in [-0.3, -0.25) is 5.10 Å². The minimum Gasteiger partial charge on any atom is -0.496 e. The number of nitrogen functional groups attached to an aromatic ring is 1. The number of aryl methyl sites for hydroxylation is 1. The Morgan fingerprint density at radius 2 is 1.95 bits per heavy atom. The van der Waals surface area contributed by atoms with E-state index < -0.39 is 0 Å². The Balaban J connectivity index is 2.62. The summed E-state index contributed by atoms with van der Waals surface area (Å²) in [5.41, 5.74) is 10.1. The summed E-state index contributed by atoms with van der Waals surface area (Å²) in [4.78, 5) is 0. The number of benzene rings is 1. The first-order chi connectivity index (χ1) is 8.84. The van der Waals surface area contributed by atoms with E-state index in [0.29, 0.717) is 5.82 Å². The van der Waals surface area contributed by atoms with E-state index in [4.69, 9.17) is 10.5 Å². The van der Waals surface area contributed by atoms with Crippen LogP contribution in [0.5, 0.6) is 5.75 Å². The predicted octanol–water partition coefficient (Wildman–Crippen LogP) is 3.27. The van der Waals surface area contributed by atoms with Crippen molar-refractivity contribution in [1.82, 2.24) is 10.2 Å². The van der Waals surface area contributed by atoms with Crippen molar-refractivity contribution >= 4 is 5.82 Å². The number of rotatable bonds is 2. The van der Waals surface area contributed by atoms with Crippen LogP contribution in [0.4, 0.5) is 5.82 Å². The number of H-pyrrole nitrogens is 1. The van der Waals surface area contributed by atoms with Gasteiger partial charge in [0.2, 0.25) is 0 Å². The largest absolute Gasteiger partial charge is 0.496 e. The fraction of sp³-hybridized carbons (Fsp3) is 0.400. The number of methoxy groups -OCH3 is 1. The van der Waals surface area contributed by atoms with E-state index in [1.165, 1.54) is 0 Å². The summed E-state index contributed by atoms with van der Waals surface area (Å²) in [6, 6.07) is 6.14. The van der Waals surface area contributed by atoms with Crippen molar-refractivity contribution in [3.05, 3.63) is 29.5 Å². The zero-order valence-corrected chi connectivity index (χ0v) is 12.2. The molecule has 102 valence electrons. The third kappa shape index (κ3) is 2.43. The molecule has 3 N–H and O–H groups in total. The second-order valence-corrected chi connectivity index (χ2v) is 5.77. The van der Waals surface area contributed by atoms with Crippen molar-refractivity contribution < 1.29 is 4.74 Å². The first-order valence-electron chi connectivity index (χ1n) is 6.34. The molecule has 0 bridgehead atoms. The summed E-state index contributed by atoms with van der Waals surface area (Å²) < 4.78 is 5.45. The van der Waals surface area contributed by atoms with E-state index in [9.17, 15) is 0 Å². The van der Waals surface area contributed by atoms with Crippen LogP contribution in [0.15, 0.2) is 18.2 Å². The van der Waals surface area contributed by atoms with Crippen LogP contribution in [-0.4, -0.2) is 17.3 Å². The standard InChI is InChI=1S/C15H21N3O/c1-9-13(14(16)18-17-9)10-6-7-12(19-5)11(8-10)15(2,3)4/h6-8H,1-5H3,(H3,16,17,18). The molecule has 4 heteroatoms. The first kappa shape index (κ1) is 13.5. The van der Waals surface area contributed by atoms with Crippen LogP contribution in [-0.2, 0) is 5.41 Å². The lowest BCUT2D eigenvalue weighted by molar-refractivity contribution is 0.397. The minimum atomic E-state index is 0.00769. The summed E-state index contributed by atoms with van der Waals surface area (Å²) in [5, 5.41) is 6.96. The number of nitrogens with two attached hydrogens (primary N) is 1. The van der Waals surface area contributed by atoms with Crippen molar-refractivity contribution in [3.63, 3.8) is 0 Å². The number of ether oxygens (including phenoxy) is 1. The van der Waals surface area contributed by atoms with E-state index in [-0.39, 0.29) is 5.41 Å². The van der Waals surface area contributed by atoms with Crippen molar-refractivity contribution in [3.8, 4) is 16.9 Å². The third-order valence-electron chi connectivity index (χ3n) is 3.27. The van der Waals surface area contributed by atoms with Gasteiger partial charge < -0.3 is 10.5 Å². The van der Waals surface area contributed by atoms with E-state index in [2.05, 4.69) is 37.0 Å². The van der Waals surface area contributed by atoms with Crippen molar-refractivity contribution in [2.45, 2.75) is 33.1 Å². The van der Waals surface area contributed by atoms with Gasteiger partial charge in [0, 0.05) is 16.8 Å². The van der Waals surface area contributed by atoms with Gasteiger partial charge in [-0.2, -0.15) is 5.10 Å². The van der Waals surface area contributed by atoms with Gasteiger partial charge in [0.1, 0.15) is 5.75 Å². The van der Waals surface area contributed by atoms with Gasteiger partial charge in [-0.15, -0.1) is 0 Å². The molecule has 0 aliphatic rings. The first-order valence-corrected chi connectivity index (χ1v) is 6.34.